The average molecular weight is 376 g/mol. The van der Waals surface area contributed by atoms with E-state index in [0.29, 0.717) is 11.5 Å². The molecule has 0 atom stereocenters. The molecule has 7 nitrogen and oxygen atoms in total. The van der Waals surface area contributed by atoms with E-state index in [2.05, 4.69) is 20.6 Å². The van der Waals surface area contributed by atoms with Gasteiger partial charge in [0.15, 0.2) is 0 Å². The fourth-order valence-electron chi connectivity index (χ4n) is 2.53. The van der Waals surface area contributed by atoms with Crippen LogP contribution in [0.15, 0.2) is 60.9 Å². The van der Waals surface area contributed by atoms with Crippen molar-refractivity contribution in [2.45, 2.75) is 0 Å². The van der Waals surface area contributed by atoms with E-state index in [-0.39, 0.29) is 5.91 Å². The van der Waals surface area contributed by atoms with Crippen molar-refractivity contribution in [2.24, 2.45) is 0 Å². The van der Waals surface area contributed by atoms with Crippen LogP contribution in [-0.2, 0) is 0 Å². The van der Waals surface area contributed by atoms with Crippen molar-refractivity contribution >= 4 is 34.6 Å². The molecule has 0 aliphatic rings. The average Bonchev–Trinajstić information content (AvgIpc) is 2.69. The summed E-state index contributed by atoms with van der Waals surface area (Å²) < 4.78 is 0. The summed E-state index contributed by atoms with van der Waals surface area (Å²) in [6.45, 7) is 0. The van der Waals surface area contributed by atoms with Gasteiger partial charge in [0.2, 0.25) is 5.95 Å². The molecule has 3 aromatic rings. The molecule has 0 aliphatic carbocycles. The second kappa shape index (κ2) is 8.39. The second-order valence-corrected chi connectivity index (χ2v) is 6.76. The van der Waals surface area contributed by atoms with Gasteiger partial charge in [-0.25, -0.2) is 9.97 Å². The van der Waals surface area contributed by atoms with Crippen LogP contribution in [0.5, 0.6) is 0 Å². The highest BCUT2D eigenvalue weighted by atomic mass is 16.1. The molecule has 0 radical (unpaired) electrons. The van der Waals surface area contributed by atoms with Crippen molar-refractivity contribution in [2.75, 3.05) is 48.6 Å². The molecule has 1 amide bonds. The van der Waals surface area contributed by atoms with E-state index >= 15 is 0 Å². The lowest BCUT2D eigenvalue weighted by Gasteiger charge is -2.13. The molecular formula is C21H24N6O. The first-order valence-electron chi connectivity index (χ1n) is 8.87. The van der Waals surface area contributed by atoms with Crippen LogP contribution >= 0.6 is 0 Å². The molecule has 28 heavy (non-hydrogen) atoms. The number of amides is 1. The molecular weight excluding hydrogens is 352 g/mol. The number of aromatic nitrogens is 2. The van der Waals surface area contributed by atoms with Gasteiger partial charge in [-0.15, -0.1) is 0 Å². The van der Waals surface area contributed by atoms with Gasteiger partial charge in [-0.05, 0) is 48.5 Å². The van der Waals surface area contributed by atoms with Gasteiger partial charge >= 0.3 is 0 Å². The lowest BCUT2D eigenvalue weighted by Crippen LogP contribution is -2.13. The van der Waals surface area contributed by atoms with E-state index in [1.165, 1.54) is 12.4 Å². The minimum atomic E-state index is -0.250. The highest BCUT2D eigenvalue weighted by Gasteiger charge is 2.08. The Morgan fingerprint density at radius 3 is 1.68 bits per heavy atom. The van der Waals surface area contributed by atoms with Gasteiger partial charge in [-0.1, -0.05) is 0 Å². The number of hydrogen-bond acceptors (Lipinski definition) is 6. The van der Waals surface area contributed by atoms with Crippen LogP contribution in [-0.4, -0.2) is 44.1 Å². The van der Waals surface area contributed by atoms with Crippen LogP contribution in [0.1, 0.15) is 10.4 Å². The highest BCUT2D eigenvalue weighted by molar-refractivity contribution is 6.04. The molecule has 1 aromatic heterocycles. The van der Waals surface area contributed by atoms with E-state index in [0.717, 1.165) is 22.7 Å². The van der Waals surface area contributed by atoms with Gasteiger partial charge in [-0.3, -0.25) is 4.79 Å². The minimum absolute atomic E-state index is 0.250. The van der Waals surface area contributed by atoms with E-state index in [9.17, 15) is 4.79 Å². The van der Waals surface area contributed by atoms with Crippen molar-refractivity contribution in [1.29, 1.82) is 0 Å². The maximum absolute atomic E-state index is 12.4. The lowest BCUT2D eigenvalue weighted by atomic mass is 10.2. The molecule has 0 saturated carbocycles. The molecule has 0 fully saturated rings. The Balaban J connectivity index is 1.62. The zero-order valence-electron chi connectivity index (χ0n) is 16.5. The number of nitrogens with one attached hydrogen (secondary N) is 2. The first-order chi connectivity index (χ1) is 13.4. The van der Waals surface area contributed by atoms with E-state index in [1.54, 1.807) is 0 Å². The Bertz CT molecular complexity index is 919. The van der Waals surface area contributed by atoms with Crippen molar-refractivity contribution in [3.63, 3.8) is 0 Å². The summed E-state index contributed by atoms with van der Waals surface area (Å²) in [5, 5.41) is 5.97. The molecule has 2 aromatic carbocycles. The molecule has 0 saturated heterocycles. The predicted molar refractivity (Wildman–Crippen MR) is 115 cm³/mol. The molecule has 144 valence electrons. The molecule has 2 N–H and O–H groups in total. The van der Waals surface area contributed by atoms with E-state index < -0.39 is 0 Å². The summed E-state index contributed by atoms with van der Waals surface area (Å²) in [4.78, 5) is 24.9. The monoisotopic (exact) mass is 376 g/mol. The number of rotatable bonds is 6. The van der Waals surface area contributed by atoms with E-state index in [1.807, 2.05) is 86.5 Å². The van der Waals surface area contributed by atoms with Crippen LogP contribution in [0.25, 0.3) is 0 Å². The third kappa shape index (κ3) is 4.76. The molecule has 0 unspecified atom stereocenters. The minimum Gasteiger partial charge on any atom is -0.378 e. The standard InChI is InChI=1S/C21H24N6O/c1-26(2)18-9-5-16(6-10-18)24-20(28)15-13-22-21(23-14-15)25-17-7-11-19(12-8-17)27(3)4/h5-14H,1-4H3,(H,24,28)(H,22,23,25). The van der Waals surface area contributed by atoms with Crippen molar-refractivity contribution in [1.82, 2.24) is 9.97 Å². The topological polar surface area (TPSA) is 73.4 Å². The van der Waals surface area contributed by atoms with Gasteiger partial charge in [0.25, 0.3) is 5.91 Å². The molecule has 1 heterocycles. The number of benzene rings is 2. The van der Waals surface area contributed by atoms with Gasteiger partial charge in [0.05, 0.1) is 5.56 Å². The first-order valence-corrected chi connectivity index (χ1v) is 8.87. The molecule has 0 bridgehead atoms. The lowest BCUT2D eigenvalue weighted by molar-refractivity contribution is 0.102. The quantitative estimate of drug-likeness (QED) is 0.685. The molecule has 0 spiro atoms. The highest BCUT2D eigenvalue weighted by Crippen LogP contribution is 2.19. The van der Waals surface area contributed by atoms with Crippen LogP contribution in [0.4, 0.5) is 28.7 Å². The van der Waals surface area contributed by atoms with E-state index in [4.69, 9.17) is 0 Å². The fourth-order valence-corrected chi connectivity index (χ4v) is 2.53. The van der Waals surface area contributed by atoms with Crippen molar-refractivity contribution in [3.05, 3.63) is 66.5 Å². The number of nitrogens with zero attached hydrogens (tertiary/aromatic N) is 4. The fraction of sp³-hybridized carbons (Fsp3) is 0.190. The summed E-state index contributed by atoms with van der Waals surface area (Å²) in [5.41, 5.74) is 4.17. The Kier molecular flexibility index (Phi) is 5.74. The number of carbonyl (C=O) groups excluding carboxylic acids is 1. The maximum atomic E-state index is 12.4. The third-order valence-corrected chi connectivity index (χ3v) is 4.20. The Morgan fingerprint density at radius 1 is 0.750 bits per heavy atom. The largest absolute Gasteiger partial charge is 0.378 e. The smallest absolute Gasteiger partial charge is 0.258 e. The normalized spacial score (nSPS) is 10.3. The summed E-state index contributed by atoms with van der Waals surface area (Å²) in [7, 11) is 7.92. The SMILES string of the molecule is CN(C)c1ccc(NC(=O)c2cnc(Nc3ccc(N(C)C)cc3)nc2)cc1. The van der Waals surface area contributed by atoms with Crippen LogP contribution in [0, 0.1) is 0 Å². The molecule has 7 heteroatoms. The summed E-state index contributed by atoms with van der Waals surface area (Å²) in [5.74, 6) is 0.184. The summed E-state index contributed by atoms with van der Waals surface area (Å²) in [6.07, 6.45) is 3.01. The zero-order valence-corrected chi connectivity index (χ0v) is 16.5. The zero-order chi connectivity index (χ0) is 20.1. The van der Waals surface area contributed by atoms with Crippen molar-refractivity contribution < 1.29 is 4.79 Å². The number of hydrogen-bond donors (Lipinski definition) is 2. The predicted octanol–water partition coefficient (Wildman–Crippen LogP) is 3.60. The Morgan fingerprint density at radius 2 is 1.21 bits per heavy atom. The second-order valence-electron chi connectivity index (χ2n) is 6.76. The summed E-state index contributed by atoms with van der Waals surface area (Å²) in [6, 6.07) is 15.5. The number of anilines is 5. The van der Waals surface area contributed by atoms with Crippen LogP contribution < -0.4 is 20.4 Å². The molecule has 3 rings (SSSR count). The Labute approximate surface area is 165 Å². The van der Waals surface area contributed by atoms with Gasteiger partial charge < -0.3 is 20.4 Å². The van der Waals surface area contributed by atoms with Gasteiger partial charge in [0, 0.05) is 63.3 Å². The first kappa shape index (κ1) is 19.2. The van der Waals surface area contributed by atoms with Crippen molar-refractivity contribution in [3.8, 4) is 0 Å². The third-order valence-electron chi connectivity index (χ3n) is 4.20. The van der Waals surface area contributed by atoms with Crippen LogP contribution in [0.3, 0.4) is 0 Å². The molecule has 0 aliphatic heterocycles. The summed E-state index contributed by atoms with van der Waals surface area (Å²) >= 11 is 0. The van der Waals surface area contributed by atoms with Crippen LogP contribution in [0.2, 0.25) is 0 Å². The maximum Gasteiger partial charge on any atom is 0.258 e. The number of carbonyl (C=O) groups is 1. The van der Waals surface area contributed by atoms with Gasteiger partial charge in [-0.2, -0.15) is 0 Å². The Hall–Kier alpha value is -3.61. The van der Waals surface area contributed by atoms with Gasteiger partial charge in [0.1, 0.15) is 0 Å².